The summed E-state index contributed by atoms with van der Waals surface area (Å²) in [7, 11) is -4.42. The van der Waals surface area contributed by atoms with E-state index < -0.39 is 38.1 Å². The Balaban J connectivity index is 1.93. The third-order valence-corrected chi connectivity index (χ3v) is 5.56. The van der Waals surface area contributed by atoms with E-state index in [0.29, 0.717) is 16.3 Å². The first-order valence-electron chi connectivity index (χ1n) is 7.51. The Labute approximate surface area is 154 Å². The van der Waals surface area contributed by atoms with E-state index >= 15 is 0 Å². The lowest BCUT2D eigenvalue weighted by molar-refractivity contribution is -0.121. The van der Waals surface area contributed by atoms with Crippen LogP contribution in [0.25, 0.3) is 0 Å². The molecule has 0 saturated heterocycles. The number of ether oxygens (including phenoxy) is 1. The van der Waals surface area contributed by atoms with Gasteiger partial charge >= 0.3 is 0 Å². The summed E-state index contributed by atoms with van der Waals surface area (Å²) in [6.07, 6.45) is 0.253. The maximum absolute atomic E-state index is 13.7. The molecule has 1 heterocycles. The average molecular weight is 395 g/mol. The minimum atomic E-state index is -4.42. The van der Waals surface area contributed by atoms with Gasteiger partial charge in [-0.3, -0.25) is 4.79 Å². The van der Waals surface area contributed by atoms with Crippen LogP contribution >= 0.6 is 11.6 Å². The summed E-state index contributed by atoms with van der Waals surface area (Å²) < 4.78 is 46.0. The zero-order chi connectivity index (χ0) is 18.9. The van der Waals surface area contributed by atoms with Gasteiger partial charge in [0.2, 0.25) is 5.91 Å². The summed E-state index contributed by atoms with van der Waals surface area (Å²) >= 11 is 5.95. The third kappa shape index (κ3) is 3.36. The van der Waals surface area contributed by atoms with Crippen molar-refractivity contribution in [3.63, 3.8) is 0 Å². The van der Waals surface area contributed by atoms with Gasteiger partial charge in [0.15, 0.2) is 0 Å². The fraction of sp³-hybridized carbons (Fsp3) is 0.176. The number of hydrogen-bond acceptors (Lipinski definition) is 5. The van der Waals surface area contributed by atoms with Crippen molar-refractivity contribution in [2.24, 2.45) is 0 Å². The van der Waals surface area contributed by atoms with Crippen molar-refractivity contribution in [2.45, 2.75) is 17.2 Å². The molecule has 0 aromatic heterocycles. The molecule has 1 aliphatic rings. The van der Waals surface area contributed by atoms with E-state index in [4.69, 9.17) is 21.6 Å². The van der Waals surface area contributed by atoms with Gasteiger partial charge in [0, 0.05) is 10.6 Å². The van der Waals surface area contributed by atoms with Gasteiger partial charge < -0.3 is 4.74 Å². The highest BCUT2D eigenvalue weighted by Crippen LogP contribution is 2.36. The normalized spacial score (nSPS) is 16.1. The summed E-state index contributed by atoms with van der Waals surface area (Å²) in [6.45, 7) is 0.232. The molecule has 0 saturated carbocycles. The fourth-order valence-electron chi connectivity index (χ4n) is 2.73. The van der Waals surface area contributed by atoms with E-state index in [9.17, 15) is 17.6 Å². The lowest BCUT2D eigenvalue weighted by Crippen LogP contribution is -2.37. The molecule has 26 heavy (non-hydrogen) atoms. The van der Waals surface area contributed by atoms with Crippen molar-refractivity contribution in [2.75, 3.05) is 6.61 Å². The van der Waals surface area contributed by atoms with Crippen molar-refractivity contribution in [1.29, 1.82) is 5.26 Å². The molecule has 1 atom stereocenters. The third-order valence-electron chi connectivity index (χ3n) is 3.94. The fourth-order valence-corrected chi connectivity index (χ4v) is 4.10. The Hall–Kier alpha value is -2.63. The van der Waals surface area contributed by atoms with Gasteiger partial charge in [-0.2, -0.15) is 5.26 Å². The molecule has 9 heteroatoms. The molecule has 134 valence electrons. The first kappa shape index (κ1) is 18.2. The van der Waals surface area contributed by atoms with Crippen LogP contribution in [0.3, 0.4) is 0 Å². The van der Waals surface area contributed by atoms with E-state index in [-0.39, 0.29) is 13.0 Å². The number of nitrogens with one attached hydrogen (secondary N) is 1. The molecule has 6 nitrogen and oxygen atoms in total. The highest BCUT2D eigenvalue weighted by molar-refractivity contribution is 7.90. The number of carbonyl (C=O) groups excluding carboxylic acids is 1. The second kappa shape index (κ2) is 6.94. The van der Waals surface area contributed by atoms with Crippen molar-refractivity contribution < 1.29 is 22.3 Å². The van der Waals surface area contributed by atoms with Crippen molar-refractivity contribution in [3.8, 4) is 11.8 Å². The Morgan fingerprint density at radius 3 is 2.85 bits per heavy atom. The van der Waals surface area contributed by atoms with E-state index in [1.54, 1.807) is 12.1 Å². The molecule has 0 aliphatic carbocycles. The zero-order valence-electron chi connectivity index (χ0n) is 13.2. The number of rotatable bonds is 3. The van der Waals surface area contributed by atoms with Gasteiger partial charge in [-0.1, -0.05) is 17.7 Å². The maximum atomic E-state index is 13.7. The van der Waals surface area contributed by atoms with Gasteiger partial charge in [0.25, 0.3) is 10.0 Å². The van der Waals surface area contributed by atoms with Crippen LogP contribution < -0.4 is 9.46 Å². The second-order valence-electron chi connectivity index (χ2n) is 5.57. The van der Waals surface area contributed by atoms with Crippen LogP contribution in [0.15, 0.2) is 41.3 Å². The Morgan fingerprint density at radius 1 is 1.35 bits per heavy atom. The molecule has 2 aromatic rings. The molecule has 0 bridgehead atoms. The van der Waals surface area contributed by atoms with E-state index in [1.165, 1.54) is 12.1 Å². The van der Waals surface area contributed by atoms with E-state index in [2.05, 4.69) is 0 Å². The average Bonchev–Trinajstić information content (AvgIpc) is 2.60. The summed E-state index contributed by atoms with van der Waals surface area (Å²) in [4.78, 5) is 12.0. The van der Waals surface area contributed by atoms with E-state index in [0.717, 1.165) is 18.2 Å². The van der Waals surface area contributed by atoms with Crippen molar-refractivity contribution in [1.82, 2.24) is 4.72 Å². The number of halogens is 2. The molecule has 1 amide bonds. The van der Waals surface area contributed by atoms with E-state index in [1.807, 2.05) is 4.72 Å². The molecule has 3 rings (SSSR count). The van der Waals surface area contributed by atoms with Crippen LogP contribution in [0.2, 0.25) is 5.02 Å². The van der Waals surface area contributed by atoms with Crippen LogP contribution in [0.5, 0.6) is 5.75 Å². The van der Waals surface area contributed by atoms with Gasteiger partial charge in [-0.05, 0) is 36.8 Å². The van der Waals surface area contributed by atoms with Gasteiger partial charge in [-0.15, -0.1) is 0 Å². The van der Waals surface area contributed by atoms with Crippen LogP contribution in [-0.4, -0.2) is 20.9 Å². The lowest BCUT2D eigenvalue weighted by Gasteiger charge is -2.25. The largest absolute Gasteiger partial charge is 0.493 e. The Kier molecular flexibility index (Phi) is 4.85. The van der Waals surface area contributed by atoms with Crippen LogP contribution in [-0.2, 0) is 14.8 Å². The van der Waals surface area contributed by atoms with Crippen molar-refractivity contribution in [3.05, 3.63) is 58.4 Å². The number of benzene rings is 2. The highest BCUT2D eigenvalue weighted by Gasteiger charge is 2.32. The predicted molar refractivity (Wildman–Crippen MR) is 90.7 cm³/mol. The second-order valence-corrected chi connectivity index (χ2v) is 7.65. The summed E-state index contributed by atoms with van der Waals surface area (Å²) in [5.41, 5.74) is -0.181. The number of nitrogens with zero attached hydrogens (tertiary/aromatic N) is 1. The first-order valence-corrected chi connectivity index (χ1v) is 9.37. The first-order chi connectivity index (χ1) is 12.3. The molecule has 2 aromatic carbocycles. The Bertz CT molecular complexity index is 1030. The molecule has 0 radical (unpaired) electrons. The van der Waals surface area contributed by atoms with Crippen LogP contribution in [0.1, 0.15) is 23.5 Å². The monoisotopic (exact) mass is 394 g/mol. The minimum Gasteiger partial charge on any atom is -0.493 e. The molecular formula is C17H12ClFN2O4S. The summed E-state index contributed by atoms with van der Waals surface area (Å²) in [6, 6.07) is 9.43. The molecule has 1 N–H and O–H groups in total. The van der Waals surface area contributed by atoms with Gasteiger partial charge in [0.05, 0.1) is 12.5 Å². The topological polar surface area (TPSA) is 96.3 Å². The molecule has 1 unspecified atom stereocenters. The highest BCUT2D eigenvalue weighted by atomic mass is 35.5. The number of nitriles is 1. The predicted octanol–water partition coefficient (Wildman–Crippen LogP) is 2.72. The SMILES string of the molecule is N#Cc1c(F)cccc1S(=O)(=O)NC(=O)C1CCOc2ccc(Cl)cc21. The number of sulfonamides is 1. The molecule has 0 spiro atoms. The smallest absolute Gasteiger partial charge is 0.265 e. The summed E-state index contributed by atoms with van der Waals surface area (Å²) in [5, 5.41) is 9.39. The van der Waals surface area contributed by atoms with Gasteiger partial charge in [0.1, 0.15) is 28.1 Å². The summed E-state index contributed by atoms with van der Waals surface area (Å²) in [5.74, 6) is -2.14. The maximum Gasteiger partial charge on any atom is 0.265 e. The number of hydrogen-bond donors (Lipinski definition) is 1. The molecule has 0 fully saturated rings. The molecule has 1 aliphatic heterocycles. The zero-order valence-corrected chi connectivity index (χ0v) is 14.8. The standard InChI is InChI=1S/C17H12ClFN2O4S/c18-10-4-5-15-12(8-10)11(6-7-25-15)17(22)21-26(23,24)16-3-1-2-14(19)13(16)9-20/h1-5,8,11H,6-7H2,(H,21,22). The quantitative estimate of drug-likeness (QED) is 0.863. The van der Waals surface area contributed by atoms with Crippen molar-refractivity contribution >= 4 is 27.5 Å². The molecular weight excluding hydrogens is 383 g/mol. The van der Waals surface area contributed by atoms with Crippen LogP contribution in [0, 0.1) is 17.1 Å². The Morgan fingerprint density at radius 2 is 2.12 bits per heavy atom. The number of fused-ring (bicyclic) bond motifs is 1. The lowest BCUT2D eigenvalue weighted by atomic mass is 9.93. The number of amides is 1. The van der Waals surface area contributed by atoms with Crippen LogP contribution in [0.4, 0.5) is 4.39 Å². The minimum absolute atomic E-state index is 0.232. The number of carbonyl (C=O) groups is 1. The van der Waals surface area contributed by atoms with Gasteiger partial charge in [-0.25, -0.2) is 17.5 Å².